The first-order chi connectivity index (χ1) is 7.64. The van der Waals surface area contributed by atoms with E-state index in [9.17, 15) is 9.59 Å². The number of methoxy groups -OCH3 is 1. The number of carbonyl (C=O) groups excluding carboxylic acids is 2. The molecular formula is C13H24O4. The summed E-state index contributed by atoms with van der Waals surface area (Å²) >= 11 is 0. The first-order valence-corrected chi connectivity index (χ1v) is 5.90. The van der Waals surface area contributed by atoms with E-state index in [4.69, 9.17) is 9.47 Å². The van der Waals surface area contributed by atoms with Gasteiger partial charge in [-0.3, -0.25) is 9.59 Å². The number of carbonyl (C=O) groups is 2. The number of rotatable bonds is 7. The summed E-state index contributed by atoms with van der Waals surface area (Å²) in [7, 11) is 1.56. The second-order valence-corrected chi connectivity index (χ2v) is 5.30. The molecule has 0 aliphatic carbocycles. The average molecular weight is 244 g/mol. The predicted molar refractivity (Wildman–Crippen MR) is 65.8 cm³/mol. The molecule has 0 aliphatic rings. The molecule has 0 aliphatic heterocycles. The quantitative estimate of drug-likeness (QED) is 0.646. The molecule has 4 nitrogen and oxygen atoms in total. The van der Waals surface area contributed by atoms with Crippen molar-refractivity contribution in [3.8, 4) is 0 Å². The van der Waals surface area contributed by atoms with Crippen LogP contribution < -0.4 is 0 Å². The zero-order chi connectivity index (χ0) is 13.7. The molecule has 0 heterocycles. The number of ether oxygens (including phenoxy) is 2. The molecule has 17 heavy (non-hydrogen) atoms. The van der Waals surface area contributed by atoms with Crippen molar-refractivity contribution in [3.63, 3.8) is 0 Å². The maximum absolute atomic E-state index is 11.8. The zero-order valence-electron chi connectivity index (χ0n) is 11.8. The fourth-order valence-corrected chi connectivity index (χ4v) is 1.49. The van der Waals surface area contributed by atoms with Gasteiger partial charge in [-0.1, -0.05) is 6.92 Å². The summed E-state index contributed by atoms with van der Waals surface area (Å²) in [5, 5.41) is 0. The molecule has 0 spiro atoms. The highest BCUT2D eigenvalue weighted by Gasteiger charge is 2.31. The molecule has 0 radical (unpaired) electrons. The Balaban J connectivity index is 4.48. The largest absolute Gasteiger partial charge is 0.459 e. The van der Waals surface area contributed by atoms with E-state index in [0.29, 0.717) is 6.42 Å². The lowest BCUT2D eigenvalue weighted by molar-refractivity contribution is -0.165. The van der Waals surface area contributed by atoms with E-state index in [1.54, 1.807) is 14.0 Å². The molecule has 0 bridgehead atoms. The van der Waals surface area contributed by atoms with E-state index in [0.717, 1.165) is 0 Å². The summed E-state index contributed by atoms with van der Waals surface area (Å²) in [6.45, 7) is 8.83. The molecule has 4 heteroatoms. The van der Waals surface area contributed by atoms with Crippen LogP contribution in [-0.4, -0.2) is 30.1 Å². The van der Waals surface area contributed by atoms with E-state index in [-0.39, 0.29) is 24.6 Å². The van der Waals surface area contributed by atoms with Crippen molar-refractivity contribution in [2.45, 2.75) is 65.1 Å². The van der Waals surface area contributed by atoms with Gasteiger partial charge >= 0.3 is 5.97 Å². The minimum atomic E-state index is -0.702. The summed E-state index contributed by atoms with van der Waals surface area (Å²) in [6.07, 6.45) is 1.05. The highest BCUT2D eigenvalue weighted by Crippen LogP contribution is 2.23. The first kappa shape index (κ1) is 16.1. The molecule has 0 aromatic heterocycles. The van der Waals surface area contributed by atoms with Crippen molar-refractivity contribution in [2.75, 3.05) is 7.11 Å². The topological polar surface area (TPSA) is 52.6 Å². The van der Waals surface area contributed by atoms with Crippen molar-refractivity contribution in [1.29, 1.82) is 0 Å². The highest BCUT2D eigenvalue weighted by molar-refractivity contribution is 5.77. The minimum Gasteiger partial charge on any atom is -0.459 e. The van der Waals surface area contributed by atoms with Crippen LogP contribution in [0.25, 0.3) is 0 Å². The monoisotopic (exact) mass is 244 g/mol. The van der Waals surface area contributed by atoms with Gasteiger partial charge in [-0.25, -0.2) is 0 Å². The van der Waals surface area contributed by atoms with Gasteiger partial charge in [0, 0.05) is 13.5 Å². The third-order valence-corrected chi connectivity index (χ3v) is 2.85. The summed E-state index contributed by atoms with van der Waals surface area (Å²) in [4.78, 5) is 22.9. The summed E-state index contributed by atoms with van der Waals surface area (Å²) < 4.78 is 10.6. The van der Waals surface area contributed by atoms with Crippen molar-refractivity contribution in [3.05, 3.63) is 0 Å². The summed E-state index contributed by atoms with van der Waals surface area (Å²) in [6, 6.07) is 0. The van der Waals surface area contributed by atoms with Crippen LogP contribution in [0.3, 0.4) is 0 Å². The summed E-state index contributed by atoms with van der Waals surface area (Å²) in [5.74, 6) is -0.310. The van der Waals surface area contributed by atoms with Gasteiger partial charge in [-0.2, -0.15) is 0 Å². The lowest BCUT2D eigenvalue weighted by atomic mass is 9.96. The molecule has 0 saturated carbocycles. The molecular weight excluding hydrogens is 220 g/mol. The van der Waals surface area contributed by atoms with E-state index in [1.165, 1.54) is 6.92 Å². The molecule has 1 atom stereocenters. The van der Waals surface area contributed by atoms with Crippen molar-refractivity contribution in [2.24, 2.45) is 0 Å². The molecule has 0 rings (SSSR count). The van der Waals surface area contributed by atoms with Gasteiger partial charge < -0.3 is 9.47 Å². The zero-order valence-corrected chi connectivity index (χ0v) is 11.8. The second-order valence-electron chi connectivity index (χ2n) is 5.30. The van der Waals surface area contributed by atoms with Crippen molar-refractivity contribution < 1.29 is 19.1 Å². The molecule has 1 unspecified atom stereocenters. The Hall–Kier alpha value is -0.900. The van der Waals surface area contributed by atoms with Crippen LogP contribution in [0, 0.1) is 0 Å². The molecule has 0 saturated heterocycles. The maximum atomic E-state index is 11.8. The van der Waals surface area contributed by atoms with Gasteiger partial charge in [0.05, 0.1) is 12.0 Å². The van der Waals surface area contributed by atoms with Crippen LogP contribution >= 0.6 is 0 Å². The molecule has 0 amide bonds. The van der Waals surface area contributed by atoms with Gasteiger partial charge in [0.15, 0.2) is 0 Å². The average Bonchev–Trinajstić information content (AvgIpc) is 2.15. The second kappa shape index (κ2) is 6.15. The number of Topliss-reactive ketones (excluding diaryl/α,β-unsaturated/α-hetero) is 1. The summed E-state index contributed by atoms with van der Waals surface area (Å²) in [5.41, 5.74) is -1.24. The number of esters is 1. The lowest BCUT2D eigenvalue weighted by Crippen LogP contribution is -2.36. The third-order valence-electron chi connectivity index (χ3n) is 2.85. The number of hydrogen-bond acceptors (Lipinski definition) is 4. The molecule has 0 N–H and O–H groups in total. The van der Waals surface area contributed by atoms with Gasteiger partial charge in [0.2, 0.25) is 0 Å². The van der Waals surface area contributed by atoms with E-state index in [1.807, 2.05) is 20.8 Å². The molecule has 0 aromatic carbocycles. The first-order valence-electron chi connectivity index (χ1n) is 5.90. The Labute approximate surface area is 104 Å². The SMILES string of the molecule is CCC(C)(CC(C)=O)OC(=O)CC(C)(C)OC. The number of ketones is 1. The Bertz CT molecular complexity index is 283. The van der Waals surface area contributed by atoms with Crippen LogP contribution in [-0.2, 0) is 19.1 Å². The lowest BCUT2D eigenvalue weighted by Gasteiger charge is -2.29. The fourth-order valence-electron chi connectivity index (χ4n) is 1.49. The predicted octanol–water partition coefficient (Wildman–Crippen LogP) is 2.49. The van der Waals surface area contributed by atoms with Gasteiger partial charge in [0.1, 0.15) is 11.4 Å². The van der Waals surface area contributed by atoms with Gasteiger partial charge in [0.25, 0.3) is 0 Å². The van der Waals surface area contributed by atoms with E-state index >= 15 is 0 Å². The standard InChI is InChI=1S/C13H24O4/c1-7-13(5,8-10(2)14)17-11(15)9-12(3,4)16-6/h7-9H2,1-6H3. The van der Waals surface area contributed by atoms with Crippen LogP contribution in [0.1, 0.15) is 53.9 Å². The Morgan fingerprint density at radius 1 is 1.12 bits per heavy atom. The van der Waals surface area contributed by atoms with E-state index < -0.39 is 11.2 Å². The highest BCUT2D eigenvalue weighted by atomic mass is 16.6. The molecule has 0 fully saturated rings. The van der Waals surface area contributed by atoms with Crippen molar-refractivity contribution in [1.82, 2.24) is 0 Å². The number of hydrogen-bond donors (Lipinski definition) is 0. The van der Waals surface area contributed by atoms with Crippen LogP contribution in [0.5, 0.6) is 0 Å². The normalized spacial score (nSPS) is 15.2. The maximum Gasteiger partial charge on any atom is 0.309 e. The fraction of sp³-hybridized carbons (Fsp3) is 0.846. The molecule has 0 aromatic rings. The van der Waals surface area contributed by atoms with Gasteiger partial charge in [-0.15, -0.1) is 0 Å². The molecule has 100 valence electrons. The smallest absolute Gasteiger partial charge is 0.309 e. The van der Waals surface area contributed by atoms with Crippen molar-refractivity contribution >= 4 is 11.8 Å². The van der Waals surface area contributed by atoms with E-state index in [2.05, 4.69) is 0 Å². The van der Waals surface area contributed by atoms with Crippen LogP contribution in [0.4, 0.5) is 0 Å². The van der Waals surface area contributed by atoms with Crippen LogP contribution in [0.2, 0.25) is 0 Å². The van der Waals surface area contributed by atoms with Gasteiger partial charge in [-0.05, 0) is 34.1 Å². The Kier molecular flexibility index (Phi) is 5.82. The van der Waals surface area contributed by atoms with Crippen LogP contribution in [0.15, 0.2) is 0 Å². The minimum absolute atomic E-state index is 0.0214. The Morgan fingerprint density at radius 2 is 1.65 bits per heavy atom. The third kappa shape index (κ3) is 6.41. The Morgan fingerprint density at radius 3 is 2.00 bits per heavy atom.